The normalized spacial score (nSPS) is 15.4. The smallest absolute Gasteiger partial charge is 0.272 e. The van der Waals surface area contributed by atoms with Gasteiger partial charge in [-0.3, -0.25) is 14.5 Å². The summed E-state index contributed by atoms with van der Waals surface area (Å²) in [7, 11) is 1.78. The lowest BCUT2D eigenvalue weighted by molar-refractivity contribution is 0.0699. The molecule has 3 aromatic heterocycles. The van der Waals surface area contributed by atoms with E-state index in [4.69, 9.17) is 4.52 Å². The van der Waals surface area contributed by atoms with Gasteiger partial charge < -0.3 is 9.42 Å². The molecule has 134 valence electrons. The van der Waals surface area contributed by atoms with Crippen molar-refractivity contribution in [2.75, 3.05) is 13.1 Å². The highest BCUT2D eigenvalue weighted by atomic mass is 16.5. The molecule has 0 aromatic carbocycles. The van der Waals surface area contributed by atoms with Crippen molar-refractivity contribution in [3.63, 3.8) is 0 Å². The highest BCUT2D eigenvalue weighted by Crippen LogP contribution is 2.28. The lowest BCUT2D eigenvalue weighted by atomic mass is 9.96. The highest BCUT2D eigenvalue weighted by Gasteiger charge is 2.28. The molecule has 1 saturated heterocycles. The van der Waals surface area contributed by atoms with E-state index in [1.165, 1.54) is 0 Å². The first-order chi connectivity index (χ1) is 12.6. The Kier molecular flexibility index (Phi) is 4.24. The Morgan fingerprint density at radius 1 is 1.23 bits per heavy atom. The molecule has 4 heterocycles. The summed E-state index contributed by atoms with van der Waals surface area (Å²) in [5.41, 5.74) is 2.37. The van der Waals surface area contributed by atoms with Gasteiger partial charge in [-0.25, -0.2) is 0 Å². The standard InChI is InChI=1S/C18H20N6O2/c1-12-3-4-14(11-19-12)17-21-16(22-26-17)13-6-9-24(10-7-13)18(25)15-5-8-20-23(15)2/h3-5,8,11,13H,6-7,9-10H2,1-2H3. The van der Waals surface area contributed by atoms with Crippen molar-refractivity contribution >= 4 is 5.91 Å². The Morgan fingerprint density at radius 2 is 2.04 bits per heavy atom. The van der Waals surface area contributed by atoms with Gasteiger partial charge >= 0.3 is 0 Å². The fourth-order valence-electron chi connectivity index (χ4n) is 3.20. The number of aryl methyl sites for hydroxylation is 2. The molecular weight excluding hydrogens is 332 g/mol. The van der Waals surface area contributed by atoms with E-state index in [0.29, 0.717) is 30.5 Å². The van der Waals surface area contributed by atoms with E-state index in [9.17, 15) is 4.79 Å². The molecule has 4 rings (SSSR count). The average Bonchev–Trinajstić information content (AvgIpc) is 3.31. The molecule has 3 aromatic rings. The van der Waals surface area contributed by atoms with Crippen LogP contribution in [0.4, 0.5) is 0 Å². The Bertz CT molecular complexity index is 906. The number of aromatic nitrogens is 5. The molecule has 8 nitrogen and oxygen atoms in total. The summed E-state index contributed by atoms with van der Waals surface area (Å²) in [6.07, 6.45) is 5.01. The summed E-state index contributed by atoms with van der Waals surface area (Å²) in [5.74, 6) is 1.40. The molecule has 1 amide bonds. The van der Waals surface area contributed by atoms with Gasteiger partial charge in [0.2, 0.25) is 0 Å². The summed E-state index contributed by atoms with van der Waals surface area (Å²) >= 11 is 0. The van der Waals surface area contributed by atoms with Crippen LogP contribution in [0.15, 0.2) is 35.1 Å². The van der Waals surface area contributed by atoms with Crippen molar-refractivity contribution in [1.82, 2.24) is 29.8 Å². The van der Waals surface area contributed by atoms with Crippen molar-refractivity contribution in [3.05, 3.63) is 47.8 Å². The number of piperidine rings is 1. The summed E-state index contributed by atoms with van der Waals surface area (Å²) in [5, 5.41) is 8.20. The fourth-order valence-corrected chi connectivity index (χ4v) is 3.20. The molecule has 1 fully saturated rings. The van der Waals surface area contributed by atoms with Crippen LogP contribution < -0.4 is 0 Å². The maximum atomic E-state index is 12.5. The van der Waals surface area contributed by atoms with Crippen LogP contribution in [-0.4, -0.2) is 48.8 Å². The number of carbonyl (C=O) groups is 1. The molecule has 0 aliphatic carbocycles. The maximum Gasteiger partial charge on any atom is 0.272 e. The predicted octanol–water partition coefficient (Wildman–Crippen LogP) is 2.19. The minimum absolute atomic E-state index is 0.0166. The minimum Gasteiger partial charge on any atom is -0.337 e. The van der Waals surface area contributed by atoms with Crippen molar-refractivity contribution < 1.29 is 9.32 Å². The second-order valence-corrected chi connectivity index (χ2v) is 6.55. The van der Waals surface area contributed by atoms with Crippen molar-refractivity contribution in [2.45, 2.75) is 25.7 Å². The number of likely N-dealkylation sites (tertiary alicyclic amines) is 1. The molecule has 0 radical (unpaired) electrons. The van der Waals surface area contributed by atoms with Crippen molar-refractivity contribution in [3.8, 4) is 11.5 Å². The summed E-state index contributed by atoms with van der Waals surface area (Å²) in [6.45, 7) is 3.28. The van der Waals surface area contributed by atoms with Gasteiger partial charge in [0, 0.05) is 44.1 Å². The summed E-state index contributed by atoms with van der Waals surface area (Å²) in [6, 6.07) is 5.59. The van der Waals surface area contributed by atoms with Gasteiger partial charge in [-0.15, -0.1) is 0 Å². The highest BCUT2D eigenvalue weighted by molar-refractivity contribution is 5.92. The van der Waals surface area contributed by atoms with Gasteiger partial charge in [-0.1, -0.05) is 5.16 Å². The predicted molar refractivity (Wildman–Crippen MR) is 93.4 cm³/mol. The average molecular weight is 352 g/mol. The van der Waals surface area contributed by atoms with Crippen molar-refractivity contribution in [2.24, 2.45) is 7.05 Å². The third-order valence-electron chi connectivity index (χ3n) is 4.79. The second kappa shape index (κ2) is 6.70. The number of amides is 1. The Balaban J connectivity index is 1.41. The number of nitrogens with zero attached hydrogens (tertiary/aromatic N) is 6. The molecule has 0 bridgehead atoms. The first kappa shape index (κ1) is 16.4. The number of hydrogen-bond acceptors (Lipinski definition) is 6. The zero-order valence-corrected chi connectivity index (χ0v) is 14.8. The number of carbonyl (C=O) groups excluding carboxylic acids is 1. The zero-order chi connectivity index (χ0) is 18.1. The fraction of sp³-hybridized carbons (Fsp3) is 0.389. The van der Waals surface area contributed by atoms with Gasteiger partial charge in [0.15, 0.2) is 5.82 Å². The molecule has 1 aliphatic heterocycles. The van der Waals surface area contributed by atoms with Crippen LogP contribution in [0.1, 0.15) is 40.8 Å². The monoisotopic (exact) mass is 352 g/mol. The lowest BCUT2D eigenvalue weighted by Gasteiger charge is -2.30. The van der Waals surface area contributed by atoms with Gasteiger partial charge in [0.25, 0.3) is 11.8 Å². The largest absolute Gasteiger partial charge is 0.337 e. The van der Waals surface area contributed by atoms with E-state index in [0.717, 1.165) is 24.1 Å². The molecule has 0 saturated carbocycles. The van der Waals surface area contributed by atoms with Crippen LogP contribution in [0.25, 0.3) is 11.5 Å². The molecule has 0 unspecified atom stereocenters. The Hall–Kier alpha value is -3.03. The first-order valence-corrected chi connectivity index (χ1v) is 8.66. The lowest BCUT2D eigenvalue weighted by Crippen LogP contribution is -2.38. The van der Waals surface area contributed by atoms with Crippen LogP contribution in [0.2, 0.25) is 0 Å². The third kappa shape index (κ3) is 3.10. The van der Waals surface area contributed by atoms with Crippen LogP contribution in [-0.2, 0) is 7.05 Å². The van der Waals surface area contributed by atoms with Crippen LogP contribution in [0, 0.1) is 6.92 Å². The van der Waals surface area contributed by atoms with Crippen LogP contribution in [0.5, 0.6) is 0 Å². The molecule has 1 aliphatic rings. The first-order valence-electron chi connectivity index (χ1n) is 8.66. The molecular formula is C18H20N6O2. The zero-order valence-electron chi connectivity index (χ0n) is 14.8. The third-order valence-corrected chi connectivity index (χ3v) is 4.79. The number of rotatable bonds is 3. The molecule has 26 heavy (non-hydrogen) atoms. The second-order valence-electron chi connectivity index (χ2n) is 6.55. The van der Waals surface area contributed by atoms with E-state index in [-0.39, 0.29) is 11.8 Å². The van der Waals surface area contributed by atoms with E-state index in [1.807, 2.05) is 24.0 Å². The van der Waals surface area contributed by atoms with E-state index in [2.05, 4.69) is 20.2 Å². The van der Waals surface area contributed by atoms with Crippen LogP contribution >= 0.6 is 0 Å². The van der Waals surface area contributed by atoms with Gasteiger partial charge in [-0.2, -0.15) is 10.1 Å². The Labute approximate surface area is 150 Å². The molecule has 0 N–H and O–H groups in total. The van der Waals surface area contributed by atoms with Gasteiger partial charge in [0.1, 0.15) is 5.69 Å². The number of pyridine rings is 1. The summed E-state index contributed by atoms with van der Waals surface area (Å²) in [4.78, 5) is 23.2. The summed E-state index contributed by atoms with van der Waals surface area (Å²) < 4.78 is 7.01. The quantitative estimate of drug-likeness (QED) is 0.718. The van der Waals surface area contributed by atoms with E-state index < -0.39 is 0 Å². The Morgan fingerprint density at radius 3 is 2.69 bits per heavy atom. The molecule has 8 heteroatoms. The number of hydrogen-bond donors (Lipinski definition) is 0. The molecule has 0 atom stereocenters. The van der Waals surface area contributed by atoms with Gasteiger partial charge in [0.05, 0.1) is 5.56 Å². The van der Waals surface area contributed by atoms with E-state index >= 15 is 0 Å². The van der Waals surface area contributed by atoms with E-state index in [1.54, 1.807) is 30.2 Å². The maximum absolute atomic E-state index is 12.5. The SMILES string of the molecule is Cc1ccc(-c2nc(C3CCN(C(=O)c4ccnn4C)CC3)no2)cn1. The topological polar surface area (TPSA) is 89.9 Å². The van der Waals surface area contributed by atoms with Gasteiger partial charge in [-0.05, 0) is 38.0 Å². The van der Waals surface area contributed by atoms with Crippen LogP contribution in [0.3, 0.4) is 0 Å². The molecule has 0 spiro atoms. The van der Waals surface area contributed by atoms with Crippen molar-refractivity contribution in [1.29, 1.82) is 0 Å². The minimum atomic E-state index is 0.0166.